The topological polar surface area (TPSA) is 62.7 Å². The lowest BCUT2D eigenvalue weighted by Crippen LogP contribution is -2.04. The van der Waals surface area contributed by atoms with Crippen LogP contribution in [-0.2, 0) is 0 Å². The van der Waals surface area contributed by atoms with E-state index in [0.717, 1.165) is 33.6 Å². The molecule has 0 aliphatic rings. The highest BCUT2D eigenvalue weighted by Crippen LogP contribution is 2.21. The number of aryl methyl sites for hydroxylation is 4. The Morgan fingerprint density at radius 1 is 0.600 bits per heavy atom. The van der Waals surface area contributed by atoms with Crippen molar-refractivity contribution in [1.82, 2.24) is 15.0 Å². The first-order valence-corrected chi connectivity index (χ1v) is 8.37. The van der Waals surface area contributed by atoms with Crippen molar-refractivity contribution in [2.45, 2.75) is 27.7 Å². The van der Waals surface area contributed by atoms with E-state index >= 15 is 0 Å². The molecular formula is C19H20ClN5. The van der Waals surface area contributed by atoms with E-state index in [9.17, 15) is 0 Å². The number of nitrogens with zero attached hydrogens (tertiary/aromatic N) is 3. The van der Waals surface area contributed by atoms with E-state index in [2.05, 4.69) is 37.7 Å². The number of rotatable bonds is 4. The van der Waals surface area contributed by atoms with Crippen LogP contribution in [0.25, 0.3) is 0 Å². The fraction of sp³-hybridized carbons (Fsp3) is 0.211. The van der Waals surface area contributed by atoms with Gasteiger partial charge in [0.1, 0.15) is 0 Å². The highest BCUT2D eigenvalue weighted by molar-refractivity contribution is 6.28. The molecule has 0 atom stereocenters. The van der Waals surface area contributed by atoms with Crippen LogP contribution in [0.1, 0.15) is 22.3 Å². The Morgan fingerprint density at radius 2 is 0.960 bits per heavy atom. The summed E-state index contributed by atoms with van der Waals surface area (Å²) in [4.78, 5) is 12.7. The standard InChI is InChI=1S/C19H20ClN5/c1-11-5-12(2)8-15(7-11)21-18-23-17(20)24-19(25-18)22-16-9-13(3)6-14(4)10-16/h5-10H,1-4H3,(H2,21,22,23,24,25). The van der Waals surface area contributed by atoms with Crippen LogP contribution < -0.4 is 10.6 Å². The zero-order chi connectivity index (χ0) is 18.0. The average Bonchev–Trinajstić information content (AvgIpc) is 2.43. The van der Waals surface area contributed by atoms with E-state index in [4.69, 9.17) is 11.6 Å². The second-order valence-electron chi connectivity index (χ2n) is 6.25. The minimum atomic E-state index is 0.133. The molecule has 0 aliphatic heterocycles. The van der Waals surface area contributed by atoms with Crippen LogP contribution >= 0.6 is 11.6 Å². The van der Waals surface area contributed by atoms with Gasteiger partial charge in [0.2, 0.25) is 17.2 Å². The molecule has 0 radical (unpaired) electrons. The third kappa shape index (κ3) is 4.67. The molecule has 128 valence electrons. The van der Waals surface area contributed by atoms with Crippen molar-refractivity contribution in [1.29, 1.82) is 0 Å². The molecule has 25 heavy (non-hydrogen) atoms. The molecule has 5 nitrogen and oxygen atoms in total. The SMILES string of the molecule is Cc1cc(C)cc(Nc2nc(Cl)nc(Nc3cc(C)cc(C)c3)n2)c1. The van der Waals surface area contributed by atoms with Crippen molar-refractivity contribution in [3.8, 4) is 0 Å². The van der Waals surface area contributed by atoms with Gasteiger partial charge in [-0.2, -0.15) is 15.0 Å². The van der Waals surface area contributed by atoms with Gasteiger partial charge in [0.05, 0.1) is 0 Å². The maximum Gasteiger partial charge on any atom is 0.233 e. The molecular weight excluding hydrogens is 334 g/mol. The molecule has 0 spiro atoms. The van der Waals surface area contributed by atoms with Gasteiger partial charge >= 0.3 is 0 Å². The first kappa shape index (κ1) is 17.2. The Labute approximate surface area is 152 Å². The van der Waals surface area contributed by atoms with E-state index in [1.165, 1.54) is 0 Å². The Balaban J connectivity index is 1.87. The normalized spacial score (nSPS) is 10.6. The van der Waals surface area contributed by atoms with Crippen LogP contribution in [0.15, 0.2) is 36.4 Å². The van der Waals surface area contributed by atoms with Crippen LogP contribution in [0.4, 0.5) is 23.3 Å². The van der Waals surface area contributed by atoms with Gasteiger partial charge in [-0.15, -0.1) is 0 Å². The van der Waals surface area contributed by atoms with Gasteiger partial charge in [0.15, 0.2) is 0 Å². The monoisotopic (exact) mass is 353 g/mol. The molecule has 2 N–H and O–H groups in total. The summed E-state index contributed by atoms with van der Waals surface area (Å²) in [6.07, 6.45) is 0. The van der Waals surface area contributed by atoms with Crippen LogP contribution in [0.2, 0.25) is 5.28 Å². The number of halogens is 1. The van der Waals surface area contributed by atoms with Crippen molar-refractivity contribution in [3.05, 3.63) is 63.9 Å². The Morgan fingerprint density at radius 3 is 1.32 bits per heavy atom. The Hall–Kier alpha value is -2.66. The van der Waals surface area contributed by atoms with Gasteiger partial charge < -0.3 is 10.6 Å². The summed E-state index contributed by atoms with van der Waals surface area (Å²) >= 11 is 6.07. The molecule has 1 heterocycles. The summed E-state index contributed by atoms with van der Waals surface area (Å²) in [5.41, 5.74) is 6.48. The lowest BCUT2D eigenvalue weighted by molar-refractivity contribution is 1.06. The Bertz CT molecular complexity index is 811. The molecule has 0 saturated carbocycles. The lowest BCUT2D eigenvalue weighted by atomic mass is 10.1. The summed E-state index contributed by atoms with van der Waals surface area (Å²) in [6.45, 7) is 8.19. The molecule has 0 bridgehead atoms. The van der Waals surface area contributed by atoms with Crippen LogP contribution in [0.3, 0.4) is 0 Å². The molecule has 0 aliphatic carbocycles. The number of benzene rings is 2. The van der Waals surface area contributed by atoms with Crippen molar-refractivity contribution < 1.29 is 0 Å². The quantitative estimate of drug-likeness (QED) is 0.671. The third-order valence-electron chi connectivity index (χ3n) is 3.56. The van der Waals surface area contributed by atoms with Crippen molar-refractivity contribution in [2.24, 2.45) is 0 Å². The number of nitrogens with one attached hydrogen (secondary N) is 2. The zero-order valence-electron chi connectivity index (χ0n) is 14.7. The summed E-state index contributed by atoms with van der Waals surface area (Å²) < 4.78 is 0. The minimum absolute atomic E-state index is 0.133. The zero-order valence-corrected chi connectivity index (χ0v) is 15.4. The third-order valence-corrected chi connectivity index (χ3v) is 3.73. The second kappa shape index (κ2) is 7.07. The van der Waals surface area contributed by atoms with Crippen molar-refractivity contribution in [3.63, 3.8) is 0 Å². The van der Waals surface area contributed by atoms with E-state index in [-0.39, 0.29) is 5.28 Å². The maximum atomic E-state index is 6.07. The van der Waals surface area contributed by atoms with Crippen LogP contribution in [0.5, 0.6) is 0 Å². The summed E-state index contributed by atoms with van der Waals surface area (Å²) in [7, 11) is 0. The minimum Gasteiger partial charge on any atom is -0.324 e. The first-order valence-electron chi connectivity index (χ1n) is 7.99. The largest absolute Gasteiger partial charge is 0.324 e. The van der Waals surface area contributed by atoms with Crippen molar-refractivity contribution in [2.75, 3.05) is 10.6 Å². The molecule has 0 saturated heterocycles. The average molecular weight is 354 g/mol. The van der Waals surface area contributed by atoms with Gasteiger partial charge in [-0.25, -0.2) is 0 Å². The van der Waals surface area contributed by atoms with Gasteiger partial charge in [-0.1, -0.05) is 12.1 Å². The molecule has 3 rings (SSSR count). The predicted molar refractivity (Wildman–Crippen MR) is 103 cm³/mol. The number of hydrogen-bond donors (Lipinski definition) is 2. The highest BCUT2D eigenvalue weighted by atomic mass is 35.5. The summed E-state index contributed by atoms with van der Waals surface area (Å²) in [5.74, 6) is 0.800. The van der Waals surface area contributed by atoms with Crippen molar-refractivity contribution >= 4 is 34.9 Å². The highest BCUT2D eigenvalue weighted by Gasteiger charge is 2.07. The maximum absolute atomic E-state index is 6.07. The molecule has 6 heteroatoms. The van der Waals surface area contributed by atoms with Gasteiger partial charge in [0.25, 0.3) is 0 Å². The van der Waals surface area contributed by atoms with E-state index in [1.807, 2.05) is 52.0 Å². The summed E-state index contributed by atoms with van der Waals surface area (Å²) in [5, 5.41) is 6.51. The second-order valence-corrected chi connectivity index (χ2v) is 6.59. The smallest absolute Gasteiger partial charge is 0.233 e. The number of anilines is 4. The van der Waals surface area contributed by atoms with Gasteiger partial charge in [-0.3, -0.25) is 0 Å². The first-order chi connectivity index (χ1) is 11.9. The molecule has 1 aromatic heterocycles. The number of hydrogen-bond acceptors (Lipinski definition) is 5. The van der Waals surface area contributed by atoms with Crippen LogP contribution in [0, 0.1) is 27.7 Å². The van der Waals surface area contributed by atoms with E-state index in [0.29, 0.717) is 11.9 Å². The molecule has 2 aromatic carbocycles. The fourth-order valence-electron chi connectivity index (χ4n) is 2.81. The molecule has 0 fully saturated rings. The predicted octanol–water partition coefficient (Wildman–Crippen LogP) is 5.25. The molecule has 0 amide bonds. The molecule has 0 unspecified atom stereocenters. The van der Waals surface area contributed by atoms with E-state index in [1.54, 1.807) is 0 Å². The van der Waals surface area contributed by atoms with Crippen LogP contribution in [-0.4, -0.2) is 15.0 Å². The molecule has 3 aromatic rings. The van der Waals surface area contributed by atoms with E-state index < -0.39 is 0 Å². The number of aromatic nitrogens is 3. The summed E-state index contributed by atoms with van der Waals surface area (Å²) in [6, 6.07) is 12.3. The van der Waals surface area contributed by atoms with Gasteiger partial charge in [-0.05, 0) is 85.8 Å². The Kier molecular flexibility index (Phi) is 4.86. The van der Waals surface area contributed by atoms with Gasteiger partial charge in [0, 0.05) is 11.4 Å². The lowest BCUT2D eigenvalue weighted by Gasteiger charge is -2.10. The fourth-order valence-corrected chi connectivity index (χ4v) is 2.97.